The topological polar surface area (TPSA) is 81.1 Å². The summed E-state index contributed by atoms with van der Waals surface area (Å²) >= 11 is 12.2. The molecule has 0 unspecified atom stereocenters. The predicted molar refractivity (Wildman–Crippen MR) is 127 cm³/mol. The normalized spacial score (nSPS) is 11.2. The quantitative estimate of drug-likeness (QED) is 0.414. The summed E-state index contributed by atoms with van der Waals surface area (Å²) in [5, 5.41) is 0.890. The van der Waals surface area contributed by atoms with E-state index in [0.29, 0.717) is 22.6 Å². The van der Waals surface area contributed by atoms with Gasteiger partial charge in [0.25, 0.3) is 15.9 Å². The van der Waals surface area contributed by atoms with Crippen molar-refractivity contribution in [3.05, 3.63) is 93.7 Å². The molecule has 159 valence electrons. The van der Waals surface area contributed by atoms with Crippen LogP contribution in [0.2, 0.25) is 10.0 Å². The number of carbonyl (C=O) groups excluding carboxylic acids is 1. The molecule has 0 aliphatic rings. The molecule has 3 aromatic carbocycles. The maximum atomic E-state index is 12.7. The van der Waals surface area contributed by atoms with E-state index >= 15 is 0 Å². The molecule has 1 N–H and O–H groups in total. The molecule has 1 aromatic heterocycles. The molecule has 1 amide bonds. The molecule has 6 nitrogen and oxygen atoms in total. The van der Waals surface area contributed by atoms with Crippen LogP contribution < -0.4 is 4.72 Å². The summed E-state index contributed by atoms with van der Waals surface area (Å²) in [7, 11) is -4.07. The largest absolute Gasteiger partial charge is 0.324 e. The van der Waals surface area contributed by atoms with E-state index in [2.05, 4.69) is 9.71 Å². The van der Waals surface area contributed by atoms with E-state index in [4.69, 9.17) is 23.2 Å². The van der Waals surface area contributed by atoms with Crippen molar-refractivity contribution in [1.82, 2.24) is 14.3 Å². The molecule has 0 aliphatic heterocycles. The van der Waals surface area contributed by atoms with E-state index in [1.54, 1.807) is 18.2 Å². The number of aryl methyl sites for hydroxylation is 1. The Bertz CT molecular complexity index is 1420. The molecule has 0 spiro atoms. The SMILES string of the molecule is Cc1nc2ccc(C(=O)NS(=O)(=O)c3cccc(Cl)c3)cc2n1Cc1ccccc1Cl.[Na]. The fraction of sp³-hybridized carbons (Fsp3) is 0.0909. The maximum absolute atomic E-state index is 12.7. The van der Waals surface area contributed by atoms with E-state index in [-0.39, 0.29) is 45.0 Å². The zero-order valence-corrected chi connectivity index (χ0v) is 21.7. The fourth-order valence-electron chi connectivity index (χ4n) is 3.25. The van der Waals surface area contributed by atoms with Crippen molar-refractivity contribution in [2.45, 2.75) is 18.4 Å². The molecule has 32 heavy (non-hydrogen) atoms. The van der Waals surface area contributed by atoms with Crippen LogP contribution in [0, 0.1) is 6.92 Å². The number of sulfonamides is 1. The summed E-state index contributed by atoms with van der Waals surface area (Å²) < 4.78 is 29.1. The van der Waals surface area contributed by atoms with E-state index < -0.39 is 15.9 Å². The van der Waals surface area contributed by atoms with Gasteiger partial charge in [0.2, 0.25) is 0 Å². The average molecular weight is 497 g/mol. The van der Waals surface area contributed by atoms with E-state index in [9.17, 15) is 13.2 Å². The van der Waals surface area contributed by atoms with E-state index in [1.165, 1.54) is 24.3 Å². The van der Waals surface area contributed by atoms with Crippen molar-refractivity contribution in [3.8, 4) is 0 Å². The van der Waals surface area contributed by atoms with Crippen LogP contribution in [0.5, 0.6) is 0 Å². The van der Waals surface area contributed by atoms with E-state index in [0.717, 1.165) is 11.4 Å². The number of carbonyl (C=O) groups is 1. The summed E-state index contributed by atoms with van der Waals surface area (Å²) in [6.07, 6.45) is 0. The van der Waals surface area contributed by atoms with Crippen LogP contribution in [-0.4, -0.2) is 53.4 Å². The Kier molecular flexibility index (Phi) is 7.70. The van der Waals surface area contributed by atoms with Crippen molar-refractivity contribution in [1.29, 1.82) is 0 Å². The number of nitrogens with zero attached hydrogens (tertiary/aromatic N) is 2. The van der Waals surface area contributed by atoms with Crippen LogP contribution in [0.1, 0.15) is 21.7 Å². The summed E-state index contributed by atoms with van der Waals surface area (Å²) in [6.45, 7) is 2.33. The minimum Gasteiger partial charge on any atom is -0.324 e. The van der Waals surface area contributed by atoms with Gasteiger partial charge in [-0.05, 0) is 55.0 Å². The molecule has 4 rings (SSSR count). The summed E-state index contributed by atoms with van der Waals surface area (Å²) in [4.78, 5) is 17.2. The van der Waals surface area contributed by atoms with E-state index in [1.807, 2.05) is 35.8 Å². The van der Waals surface area contributed by atoms with Crippen LogP contribution in [0.25, 0.3) is 11.0 Å². The number of aromatic nitrogens is 2. The first-order valence-electron chi connectivity index (χ1n) is 9.27. The second-order valence-electron chi connectivity index (χ2n) is 6.93. The first-order valence-corrected chi connectivity index (χ1v) is 11.5. The number of rotatable bonds is 5. The van der Waals surface area contributed by atoms with Crippen LogP contribution >= 0.6 is 23.2 Å². The zero-order chi connectivity index (χ0) is 22.2. The molecule has 1 heterocycles. The minimum absolute atomic E-state index is 0. The minimum atomic E-state index is -4.07. The first-order chi connectivity index (χ1) is 14.7. The molecular formula is C22H17Cl2N3NaO3S. The third-order valence-electron chi connectivity index (χ3n) is 4.82. The Morgan fingerprint density at radius 1 is 1.03 bits per heavy atom. The third kappa shape index (κ3) is 5.20. The number of fused-ring (bicyclic) bond motifs is 1. The number of halogens is 2. The standard InChI is InChI=1S/C22H17Cl2N3O3S.Na/c1-14-25-20-10-9-15(11-21(20)27(14)13-16-5-2-3-8-19(16)24)22(28)26-31(29,30)18-7-4-6-17(23)12-18;/h2-12H,13H2,1H3,(H,26,28);. The molecule has 0 atom stereocenters. The Morgan fingerprint density at radius 3 is 2.50 bits per heavy atom. The van der Waals surface area contributed by atoms with Gasteiger partial charge in [0, 0.05) is 45.2 Å². The number of nitrogens with one attached hydrogen (secondary N) is 1. The van der Waals surface area contributed by atoms with Gasteiger partial charge in [-0.25, -0.2) is 18.1 Å². The molecule has 0 saturated heterocycles. The second-order valence-corrected chi connectivity index (χ2v) is 9.46. The maximum Gasteiger partial charge on any atom is 0.265 e. The van der Waals surface area contributed by atoms with Gasteiger partial charge in [0.05, 0.1) is 22.5 Å². The monoisotopic (exact) mass is 496 g/mol. The van der Waals surface area contributed by atoms with Gasteiger partial charge in [0.15, 0.2) is 0 Å². The molecule has 0 aliphatic carbocycles. The van der Waals surface area contributed by atoms with Crippen LogP contribution in [0.3, 0.4) is 0 Å². The van der Waals surface area contributed by atoms with Gasteiger partial charge in [-0.1, -0.05) is 47.5 Å². The molecule has 4 aromatic rings. The van der Waals surface area contributed by atoms with Gasteiger partial charge < -0.3 is 4.57 Å². The van der Waals surface area contributed by atoms with Gasteiger partial charge in [0.1, 0.15) is 5.82 Å². The van der Waals surface area contributed by atoms with Gasteiger partial charge in [-0.15, -0.1) is 0 Å². The molecule has 0 saturated carbocycles. The first kappa shape index (κ1) is 24.8. The third-order valence-corrected chi connectivity index (χ3v) is 6.75. The molecule has 1 radical (unpaired) electrons. The number of hydrogen-bond donors (Lipinski definition) is 1. The Morgan fingerprint density at radius 2 is 1.78 bits per heavy atom. The number of benzene rings is 3. The van der Waals surface area contributed by atoms with Crippen LogP contribution in [-0.2, 0) is 16.6 Å². The van der Waals surface area contributed by atoms with Gasteiger partial charge >= 0.3 is 0 Å². The predicted octanol–water partition coefficient (Wildman–Crippen LogP) is 4.44. The Labute approximate surface area is 217 Å². The van der Waals surface area contributed by atoms with Gasteiger partial charge in [-0.3, -0.25) is 4.79 Å². The molecule has 10 heteroatoms. The Hall–Kier alpha value is -1.87. The fourth-order valence-corrected chi connectivity index (χ4v) is 4.73. The number of imidazole rings is 1. The summed E-state index contributed by atoms with van der Waals surface area (Å²) in [5.74, 6) is 0.00375. The number of amides is 1. The Balaban J connectivity index is 0.00000289. The smallest absolute Gasteiger partial charge is 0.265 e. The number of hydrogen-bond acceptors (Lipinski definition) is 4. The van der Waals surface area contributed by atoms with Crippen LogP contribution in [0.15, 0.2) is 71.6 Å². The van der Waals surface area contributed by atoms with Crippen LogP contribution in [0.4, 0.5) is 0 Å². The molecule has 0 bridgehead atoms. The van der Waals surface area contributed by atoms with Crippen molar-refractivity contribution in [2.24, 2.45) is 0 Å². The van der Waals surface area contributed by atoms with Crippen molar-refractivity contribution in [3.63, 3.8) is 0 Å². The molecule has 0 fully saturated rings. The van der Waals surface area contributed by atoms with Crippen molar-refractivity contribution >= 4 is 79.7 Å². The summed E-state index contributed by atoms with van der Waals surface area (Å²) in [6, 6.07) is 18.0. The van der Waals surface area contributed by atoms with Gasteiger partial charge in [-0.2, -0.15) is 0 Å². The molecular weight excluding hydrogens is 480 g/mol. The second kappa shape index (κ2) is 9.95. The van der Waals surface area contributed by atoms with Crippen molar-refractivity contribution in [2.75, 3.05) is 0 Å². The van der Waals surface area contributed by atoms with Crippen molar-refractivity contribution < 1.29 is 13.2 Å². The average Bonchev–Trinajstić information content (AvgIpc) is 3.04. The summed E-state index contributed by atoms with van der Waals surface area (Å²) in [5.41, 5.74) is 2.49. The zero-order valence-electron chi connectivity index (χ0n) is 17.3.